The number of carbonyl (C=O) groups is 2. The third-order valence-electron chi connectivity index (χ3n) is 5.09. The maximum Gasteiger partial charge on any atom is 0.251 e. The second-order valence-electron chi connectivity index (χ2n) is 7.67. The summed E-state index contributed by atoms with van der Waals surface area (Å²) in [5.41, 5.74) is 4.82. The molecule has 0 saturated carbocycles. The number of aromatic nitrogens is 1. The van der Waals surface area contributed by atoms with Gasteiger partial charge in [0.05, 0.1) is 10.7 Å². The molecule has 7 heteroatoms. The highest BCUT2D eigenvalue weighted by molar-refractivity contribution is 7.98. The zero-order valence-corrected chi connectivity index (χ0v) is 20.3. The lowest BCUT2D eigenvalue weighted by Gasteiger charge is -2.18. The summed E-state index contributed by atoms with van der Waals surface area (Å²) in [7, 11) is 0. The van der Waals surface area contributed by atoms with Gasteiger partial charge in [0.25, 0.3) is 5.91 Å². The van der Waals surface area contributed by atoms with Gasteiger partial charge in [-0.2, -0.15) is 11.8 Å². The Hall–Kier alpha value is -2.64. The standard InChI is InChI=1S/C25H29N3O2S2/c1-17-5-4-6-21(15-17)24(29)28-22(12-14-31-3)25(30)26-13-11-19-7-9-20(10-8-19)23-16-32-18(2)27-23/h4-10,15-16,22H,11-14H2,1-3H3,(H,26,30)(H,28,29). The first-order valence-electron chi connectivity index (χ1n) is 10.6. The molecule has 168 valence electrons. The molecule has 1 unspecified atom stereocenters. The van der Waals surface area contributed by atoms with Gasteiger partial charge in [0.2, 0.25) is 5.91 Å². The largest absolute Gasteiger partial charge is 0.354 e. The smallest absolute Gasteiger partial charge is 0.251 e. The van der Waals surface area contributed by atoms with Crippen LogP contribution in [0, 0.1) is 13.8 Å². The van der Waals surface area contributed by atoms with E-state index in [1.807, 2.05) is 38.3 Å². The minimum Gasteiger partial charge on any atom is -0.354 e. The van der Waals surface area contributed by atoms with Gasteiger partial charge in [-0.1, -0.05) is 42.0 Å². The topological polar surface area (TPSA) is 71.1 Å². The molecule has 0 aliphatic carbocycles. The van der Waals surface area contributed by atoms with E-state index in [4.69, 9.17) is 0 Å². The molecule has 0 aliphatic rings. The number of nitrogens with zero attached hydrogens (tertiary/aromatic N) is 1. The Morgan fingerprint density at radius 2 is 1.91 bits per heavy atom. The number of benzene rings is 2. The van der Waals surface area contributed by atoms with E-state index in [2.05, 4.69) is 45.3 Å². The molecule has 0 spiro atoms. The molecule has 32 heavy (non-hydrogen) atoms. The van der Waals surface area contributed by atoms with Crippen molar-refractivity contribution in [2.45, 2.75) is 32.7 Å². The van der Waals surface area contributed by atoms with Gasteiger partial charge in [0.15, 0.2) is 0 Å². The fraction of sp³-hybridized carbons (Fsp3) is 0.320. The SMILES string of the molecule is CSCCC(NC(=O)c1cccc(C)c1)C(=O)NCCc1ccc(-c2csc(C)n2)cc1. The first-order chi connectivity index (χ1) is 15.5. The number of aryl methyl sites for hydroxylation is 2. The molecule has 0 fully saturated rings. The van der Waals surface area contributed by atoms with Crippen LogP contribution in [0.4, 0.5) is 0 Å². The van der Waals surface area contributed by atoms with E-state index in [0.29, 0.717) is 18.5 Å². The van der Waals surface area contributed by atoms with Crippen LogP contribution >= 0.6 is 23.1 Å². The van der Waals surface area contributed by atoms with Crippen molar-refractivity contribution in [2.75, 3.05) is 18.6 Å². The van der Waals surface area contributed by atoms with Gasteiger partial charge in [0, 0.05) is 23.1 Å². The Kier molecular flexibility index (Phi) is 8.88. The van der Waals surface area contributed by atoms with Gasteiger partial charge >= 0.3 is 0 Å². The van der Waals surface area contributed by atoms with Crippen molar-refractivity contribution in [1.29, 1.82) is 0 Å². The van der Waals surface area contributed by atoms with E-state index in [1.165, 1.54) is 0 Å². The van der Waals surface area contributed by atoms with Crippen LogP contribution in [-0.2, 0) is 11.2 Å². The van der Waals surface area contributed by atoms with E-state index in [0.717, 1.165) is 39.6 Å². The molecule has 1 aromatic heterocycles. The average molecular weight is 468 g/mol. The number of amides is 2. The summed E-state index contributed by atoms with van der Waals surface area (Å²) in [6, 6.07) is 15.1. The van der Waals surface area contributed by atoms with Crippen LogP contribution in [0.5, 0.6) is 0 Å². The normalized spacial score (nSPS) is 11.7. The summed E-state index contributed by atoms with van der Waals surface area (Å²) in [5, 5.41) is 9.00. The molecule has 2 aromatic carbocycles. The number of hydrogen-bond donors (Lipinski definition) is 2. The van der Waals surface area contributed by atoms with Gasteiger partial charge in [-0.3, -0.25) is 9.59 Å². The molecule has 2 N–H and O–H groups in total. The molecule has 3 aromatic rings. The van der Waals surface area contributed by atoms with Gasteiger partial charge in [0.1, 0.15) is 6.04 Å². The third-order valence-corrected chi connectivity index (χ3v) is 6.51. The Bertz CT molecular complexity index is 1050. The van der Waals surface area contributed by atoms with E-state index in [9.17, 15) is 9.59 Å². The molecule has 2 amide bonds. The minimum atomic E-state index is -0.550. The Balaban J connectivity index is 1.53. The van der Waals surface area contributed by atoms with Crippen LogP contribution in [0.1, 0.15) is 32.9 Å². The van der Waals surface area contributed by atoms with Crippen LogP contribution in [0.2, 0.25) is 0 Å². The number of carbonyl (C=O) groups excluding carboxylic acids is 2. The fourth-order valence-electron chi connectivity index (χ4n) is 3.32. The molecule has 5 nitrogen and oxygen atoms in total. The highest BCUT2D eigenvalue weighted by Gasteiger charge is 2.21. The molecule has 0 bridgehead atoms. The molecule has 3 rings (SSSR count). The molecule has 0 radical (unpaired) electrons. The zero-order valence-electron chi connectivity index (χ0n) is 18.7. The number of rotatable bonds is 10. The monoisotopic (exact) mass is 467 g/mol. The number of hydrogen-bond acceptors (Lipinski definition) is 5. The highest BCUT2D eigenvalue weighted by Crippen LogP contribution is 2.21. The summed E-state index contributed by atoms with van der Waals surface area (Å²) in [5.74, 6) is 0.432. The highest BCUT2D eigenvalue weighted by atomic mass is 32.2. The maximum absolute atomic E-state index is 12.8. The minimum absolute atomic E-state index is 0.144. The van der Waals surface area contributed by atoms with Crippen molar-refractivity contribution in [3.8, 4) is 11.3 Å². The van der Waals surface area contributed by atoms with Gasteiger partial charge in [-0.15, -0.1) is 11.3 Å². The van der Waals surface area contributed by atoms with E-state index < -0.39 is 6.04 Å². The van der Waals surface area contributed by atoms with Gasteiger partial charge in [-0.25, -0.2) is 4.98 Å². The van der Waals surface area contributed by atoms with E-state index in [-0.39, 0.29) is 11.8 Å². The van der Waals surface area contributed by atoms with Crippen molar-refractivity contribution in [2.24, 2.45) is 0 Å². The summed E-state index contributed by atoms with van der Waals surface area (Å²) in [6.45, 7) is 4.46. The van der Waals surface area contributed by atoms with Crippen molar-refractivity contribution in [3.05, 3.63) is 75.6 Å². The van der Waals surface area contributed by atoms with Crippen LogP contribution in [0.15, 0.2) is 53.9 Å². The van der Waals surface area contributed by atoms with E-state index in [1.54, 1.807) is 29.2 Å². The van der Waals surface area contributed by atoms with Gasteiger partial charge in [-0.05, 0) is 56.4 Å². The molecular formula is C25H29N3O2S2. The summed E-state index contributed by atoms with van der Waals surface area (Å²) < 4.78 is 0. The van der Waals surface area contributed by atoms with Crippen LogP contribution in [-0.4, -0.2) is 41.4 Å². The fourth-order valence-corrected chi connectivity index (χ4v) is 4.42. The first kappa shape index (κ1) is 24.0. The van der Waals surface area contributed by atoms with Crippen molar-refractivity contribution in [3.63, 3.8) is 0 Å². The first-order valence-corrected chi connectivity index (χ1v) is 12.9. The Morgan fingerprint density at radius 3 is 2.56 bits per heavy atom. The van der Waals surface area contributed by atoms with Crippen LogP contribution in [0.3, 0.4) is 0 Å². The second-order valence-corrected chi connectivity index (χ2v) is 9.71. The quantitative estimate of drug-likeness (QED) is 0.456. The average Bonchev–Trinajstić information content (AvgIpc) is 3.23. The Labute approximate surface area is 198 Å². The van der Waals surface area contributed by atoms with Crippen LogP contribution < -0.4 is 10.6 Å². The summed E-state index contributed by atoms with van der Waals surface area (Å²) in [4.78, 5) is 29.9. The van der Waals surface area contributed by atoms with Crippen LogP contribution in [0.25, 0.3) is 11.3 Å². The van der Waals surface area contributed by atoms with Gasteiger partial charge < -0.3 is 10.6 Å². The zero-order chi connectivity index (χ0) is 22.9. The number of nitrogens with one attached hydrogen (secondary N) is 2. The lowest BCUT2D eigenvalue weighted by atomic mass is 10.1. The third kappa shape index (κ3) is 6.93. The number of thioether (sulfide) groups is 1. The molecule has 0 aliphatic heterocycles. The molecule has 0 saturated heterocycles. The molecular weight excluding hydrogens is 438 g/mol. The number of thiazole rings is 1. The summed E-state index contributed by atoms with van der Waals surface area (Å²) >= 11 is 3.30. The predicted molar refractivity (Wildman–Crippen MR) is 134 cm³/mol. The molecule has 1 heterocycles. The van der Waals surface area contributed by atoms with E-state index >= 15 is 0 Å². The lowest BCUT2D eigenvalue weighted by Crippen LogP contribution is -2.47. The second kappa shape index (κ2) is 11.8. The lowest BCUT2D eigenvalue weighted by molar-refractivity contribution is -0.122. The van der Waals surface area contributed by atoms with Crippen molar-refractivity contribution in [1.82, 2.24) is 15.6 Å². The maximum atomic E-state index is 12.8. The Morgan fingerprint density at radius 1 is 1.12 bits per heavy atom. The molecule has 1 atom stereocenters. The van der Waals surface area contributed by atoms with Crippen molar-refractivity contribution >= 4 is 34.9 Å². The summed E-state index contributed by atoms with van der Waals surface area (Å²) in [6.07, 6.45) is 3.31. The predicted octanol–water partition coefficient (Wildman–Crippen LogP) is 4.64. The van der Waals surface area contributed by atoms with Crippen molar-refractivity contribution < 1.29 is 9.59 Å².